The van der Waals surface area contributed by atoms with Crippen LogP contribution in [0.3, 0.4) is 0 Å². The number of likely N-dealkylation sites (tertiary alicyclic amines) is 1. The van der Waals surface area contributed by atoms with Crippen molar-refractivity contribution in [2.45, 2.75) is 43.9 Å². The number of benzene rings is 1. The zero-order valence-corrected chi connectivity index (χ0v) is 16.0. The standard InChI is InChI=1S/C19H27ClN2O.ClH/c1-21-13-15-6-5-11-22(14-15)18(23)19(9-2-3-10-19)16-7-4-8-17(20)12-16;/h4,7-8,12,15,21H,2-3,5-6,9-11,13-14H2,1H3;1H. The second-order valence-corrected chi connectivity index (χ2v) is 7.55. The van der Waals surface area contributed by atoms with Gasteiger partial charge >= 0.3 is 0 Å². The van der Waals surface area contributed by atoms with Gasteiger partial charge < -0.3 is 10.2 Å². The fraction of sp³-hybridized carbons (Fsp3) is 0.632. The zero-order valence-electron chi connectivity index (χ0n) is 14.4. The van der Waals surface area contributed by atoms with Gasteiger partial charge in [0.15, 0.2) is 0 Å². The Kier molecular flexibility index (Phi) is 6.97. The minimum absolute atomic E-state index is 0. The van der Waals surface area contributed by atoms with Crippen molar-refractivity contribution < 1.29 is 4.79 Å². The molecule has 2 fully saturated rings. The van der Waals surface area contributed by atoms with Gasteiger partial charge in [-0.15, -0.1) is 12.4 Å². The van der Waals surface area contributed by atoms with Crippen LogP contribution in [-0.2, 0) is 10.2 Å². The van der Waals surface area contributed by atoms with Gasteiger partial charge in [0.2, 0.25) is 5.91 Å². The van der Waals surface area contributed by atoms with Crippen molar-refractivity contribution in [3.05, 3.63) is 34.9 Å². The third-order valence-electron chi connectivity index (χ3n) is 5.54. The molecule has 2 aliphatic rings. The molecule has 1 amide bonds. The van der Waals surface area contributed by atoms with E-state index in [1.54, 1.807) is 0 Å². The maximum absolute atomic E-state index is 13.4. The Labute approximate surface area is 156 Å². The lowest BCUT2D eigenvalue weighted by molar-refractivity contribution is -0.139. The number of carbonyl (C=O) groups is 1. The molecule has 0 aromatic heterocycles. The Balaban J connectivity index is 0.00000208. The summed E-state index contributed by atoms with van der Waals surface area (Å²) in [7, 11) is 1.99. The Bertz CT molecular complexity index is 556. The van der Waals surface area contributed by atoms with Gasteiger partial charge in [-0.3, -0.25) is 4.79 Å². The number of rotatable bonds is 4. The number of nitrogens with one attached hydrogen (secondary N) is 1. The summed E-state index contributed by atoms with van der Waals surface area (Å²) >= 11 is 6.21. The normalized spacial score (nSPS) is 22.9. The molecule has 24 heavy (non-hydrogen) atoms. The molecule has 134 valence electrons. The lowest BCUT2D eigenvalue weighted by Crippen LogP contribution is -2.50. The predicted molar refractivity (Wildman–Crippen MR) is 102 cm³/mol. The van der Waals surface area contributed by atoms with E-state index >= 15 is 0 Å². The molecule has 3 nitrogen and oxygen atoms in total. The first kappa shape index (κ1) is 19.6. The van der Waals surface area contributed by atoms with Crippen molar-refractivity contribution in [2.24, 2.45) is 5.92 Å². The Morgan fingerprint density at radius 3 is 2.75 bits per heavy atom. The Morgan fingerprint density at radius 1 is 1.33 bits per heavy atom. The van der Waals surface area contributed by atoms with Crippen molar-refractivity contribution in [1.82, 2.24) is 10.2 Å². The van der Waals surface area contributed by atoms with Gasteiger partial charge in [0.1, 0.15) is 0 Å². The van der Waals surface area contributed by atoms with E-state index in [-0.39, 0.29) is 17.8 Å². The molecule has 1 aliphatic carbocycles. The van der Waals surface area contributed by atoms with E-state index in [9.17, 15) is 4.79 Å². The van der Waals surface area contributed by atoms with Crippen LogP contribution in [0.2, 0.25) is 5.02 Å². The molecule has 0 bridgehead atoms. The number of amides is 1. The Hall–Kier alpha value is -0.770. The van der Waals surface area contributed by atoms with Crippen LogP contribution in [0.1, 0.15) is 44.1 Å². The summed E-state index contributed by atoms with van der Waals surface area (Å²) in [6, 6.07) is 7.96. The van der Waals surface area contributed by atoms with Gasteiger partial charge in [0, 0.05) is 18.1 Å². The number of carbonyl (C=O) groups excluding carboxylic acids is 1. The van der Waals surface area contributed by atoms with E-state index in [1.807, 2.05) is 25.2 Å². The van der Waals surface area contributed by atoms with E-state index < -0.39 is 0 Å². The van der Waals surface area contributed by atoms with Crippen molar-refractivity contribution in [2.75, 3.05) is 26.7 Å². The maximum Gasteiger partial charge on any atom is 0.233 e. The third-order valence-corrected chi connectivity index (χ3v) is 5.78. The van der Waals surface area contributed by atoms with Crippen LogP contribution in [0, 0.1) is 5.92 Å². The van der Waals surface area contributed by atoms with E-state index in [0.29, 0.717) is 11.8 Å². The van der Waals surface area contributed by atoms with Crippen LogP contribution in [-0.4, -0.2) is 37.5 Å². The topological polar surface area (TPSA) is 32.3 Å². The number of piperidine rings is 1. The van der Waals surface area contributed by atoms with Crippen molar-refractivity contribution in [3.8, 4) is 0 Å². The van der Waals surface area contributed by atoms with Crippen LogP contribution in [0.4, 0.5) is 0 Å². The second-order valence-electron chi connectivity index (χ2n) is 7.12. The average molecular weight is 371 g/mol. The highest BCUT2D eigenvalue weighted by Crippen LogP contribution is 2.43. The first-order chi connectivity index (χ1) is 11.2. The lowest BCUT2D eigenvalue weighted by Gasteiger charge is -2.39. The summed E-state index contributed by atoms with van der Waals surface area (Å²) in [5.74, 6) is 0.911. The van der Waals surface area contributed by atoms with Crippen molar-refractivity contribution in [1.29, 1.82) is 0 Å². The highest BCUT2D eigenvalue weighted by atomic mass is 35.5. The molecule has 3 rings (SSSR count). The molecule has 1 aliphatic heterocycles. The van der Waals surface area contributed by atoms with Crippen LogP contribution < -0.4 is 5.32 Å². The van der Waals surface area contributed by atoms with Gasteiger partial charge in [-0.25, -0.2) is 0 Å². The van der Waals surface area contributed by atoms with Gasteiger partial charge in [-0.05, 0) is 62.9 Å². The van der Waals surface area contributed by atoms with E-state index in [1.165, 1.54) is 6.42 Å². The van der Waals surface area contributed by atoms with Gasteiger partial charge in [0.25, 0.3) is 0 Å². The summed E-state index contributed by atoms with van der Waals surface area (Å²) in [6.45, 7) is 2.79. The van der Waals surface area contributed by atoms with E-state index in [4.69, 9.17) is 11.6 Å². The maximum atomic E-state index is 13.4. The highest BCUT2D eigenvalue weighted by molar-refractivity contribution is 6.30. The molecule has 0 radical (unpaired) electrons. The number of hydrogen-bond donors (Lipinski definition) is 1. The van der Waals surface area contributed by atoms with Crippen LogP contribution in [0.5, 0.6) is 0 Å². The summed E-state index contributed by atoms with van der Waals surface area (Å²) in [5.41, 5.74) is 0.773. The molecule has 0 spiro atoms. The molecule has 5 heteroatoms. The summed E-state index contributed by atoms with van der Waals surface area (Å²) in [4.78, 5) is 15.6. The molecular formula is C19H28Cl2N2O. The van der Waals surface area contributed by atoms with E-state index in [2.05, 4.69) is 16.3 Å². The smallest absolute Gasteiger partial charge is 0.233 e. The van der Waals surface area contributed by atoms with Crippen LogP contribution >= 0.6 is 24.0 Å². The van der Waals surface area contributed by atoms with Gasteiger partial charge in [0.05, 0.1) is 5.41 Å². The number of hydrogen-bond acceptors (Lipinski definition) is 2. The molecule has 1 heterocycles. The minimum Gasteiger partial charge on any atom is -0.342 e. The quantitative estimate of drug-likeness (QED) is 0.867. The average Bonchev–Trinajstić information content (AvgIpc) is 3.06. The minimum atomic E-state index is -0.341. The molecule has 1 atom stereocenters. The second kappa shape index (κ2) is 8.55. The monoisotopic (exact) mass is 370 g/mol. The molecule has 1 unspecified atom stereocenters. The number of halogens is 2. The fourth-order valence-corrected chi connectivity index (χ4v) is 4.59. The van der Waals surface area contributed by atoms with Gasteiger partial charge in [-0.2, -0.15) is 0 Å². The summed E-state index contributed by atoms with van der Waals surface area (Å²) in [5, 5.41) is 3.99. The SMILES string of the molecule is CNCC1CCCN(C(=O)C2(c3cccc(Cl)c3)CCCC2)C1.Cl. The Morgan fingerprint density at radius 2 is 2.08 bits per heavy atom. The third kappa shape index (κ3) is 3.89. The summed E-state index contributed by atoms with van der Waals surface area (Å²) in [6.07, 6.45) is 6.51. The molecular weight excluding hydrogens is 343 g/mol. The predicted octanol–water partition coefficient (Wildman–Crippen LogP) is 4.03. The largest absolute Gasteiger partial charge is 0.342 e. The van der Waals surface area contributed by atoms with Crippen LogP contribution in [0.25, 0.3) is 0 Å². The van der Waals surface area contributed by atoms with Crippen molar-refractivity contribution in [3.63, 3.8) is 0 Å². The molecule has 1 aromatic carbocycles. The molecule has 1 saturated heterocycles. The number of nitrogens with zero attached hydrogens (tertiary/aromatic N) is 1. The molecule has 1 saturated carbocycles. The first-order valence-electron chi connectivity index (χ1n) is 8.86. The first-order valence-corrected chi connectivity index (χ1v) is 9.23. The van der Waals surface area contributed by atoms with Crippen LogP contribution in [0.15, 0.2) is 24.3 Å². The highest BCUT2D eigenvalue weighted by Gasteiger charge is 2.45. The lowest BCUT2D eigenvalue weighted by atomic mass is 9.77. The van der Waals surface area contributed by atoms with E-state index in [0.717, 1.165) is 62.3 Å². The molecule has 1 N–H and O–H groups in total. The van der Waals surface area contributed by atoms with Crippen molar-refractivity contribution >= 4 is 29.9 Å². The van der Waals surface area contributed by atoms with Gasteiger partial charge in [-0.1, -0.05) is 36.6 Å². The zero-order chi connectivity index (χ0) is 16.3. The summed E-state index contributed by atoms with van der Waals surface area (Å²) < 4.78 is 0. The fourth-order valence-electron chi connectivity index (χ4n) is 4.40. The molecule has 1 aromatic rings.